The highest BCUT2D eigenvalue weighted by atomic mass is 16.5. The maximum atomic E-state index is 12.8. The van der Waals surface area contributed by atoms with Gasteiger partial charge < -0.3 is 20.5 Å². The quantitative estimate of drug-likeness (QED) is 0.223. The molecule has 1 rings (SSSR count). The number of benzene rings is 1. The number of nitrogens with two attached hydrogens (primary N) is 1. The van der Waals surface area contributed by atoms with Crippen LogP contribution >= 0.6 is 0 Å². The van der Waals surface area contributed by atoms with Crippen LogP contribution in [0, 0.1) is 17.8 Å². The first-order valence-corrected chi connectivity index (χ1v) is 12.0. The molecule has 186 valence electrons. The number of aliphatic imine (C=N–C) groups is 1. The van der Waals surface area contributed by atoms with Crippen molar-refractivity contribution in [3.05, 3.63) is 35.9 Å². The van der Waals surface area contributed by atoms with Crippen molar-refractivity contribution in [2.75, 3.05) is 13.2 Å². The lowest BCUT2D eigenvalue weighted by molar-refractivity contribution is -0.125. The molecule has 3 N–H and O–H groups in total. The van der Waals surface area contributed by atoms with Gasteiger partial charge >= 0.3 is 6.09 Å². The van der Waals surface area contributed by atoms with Crippen LogP contribution in [-0.4, -0.2) is 43.0 Å². The molecule has 1 aromatic rings. The third kappa shape index (κ3) is 13.0. The zero-order valence-electron chi connectivity index (χ0n) is 21.2. The van der Waals surface area contributed by atoms with Crippen LogP contribution in [-0.2, 0) is 20.9 Å². The summed E-state index contributed by atoms with van der Waals surface area (Å²) in [4.78, 5) is 29.7. The number of carbonyl (C=O) groups excluding carboxylic acids is 2. The van der Waals surface area contributed by atoms with Crippen molar-refractivity contribution in [2.45, 2.75) is 79.5 Å². The summed E-state index contributed by atoms with van der Waals surface area (Å²) in [5.41, 5.74) is 7.22. The van der Waals surface area contributed by atoms with E-state index < -0.39 is 18.2 Å². The molecule has 1 unspecified atom stereocenters. The van der Waals surface area contributed by atoms with Crippen LogP contribution in [0.1, 0.15) is 66.4 Å². The third-order valence-corrected chi connectivity index (χ3v) is 5.02. The topological polar surface area (TPSA) is 103 Å². The lowest BCUT2D eigenvalue weighted by Gasteiger charge is -2.22. The van der Waals surface area contributed by atoms with Crippen LogP contribution in [0.15, 0.2) is 35.3 Å². The lowest BCUT2D eigenvalue weighted by atomic mass is 9.99. The summed E-state index contributed by atoms with van der Waals surface area (Å²) in [7, 11) is 0. The zero-order valence-corrected chi connectivity index (χ0v) is 21.2. The molecule has 0 aromatic heterocycles. The van der Waals surface area contributed by atoms with Gasteiger partial charge in [0.15, 0.2) is 5.78 Å². The molecule has 0 radical (unpaired) electrons. The Balaban J connectivity index is 2.82. The molecule has 0 aliphatic carbocycles. The number of ketones is 1. The van der Waals surface area contributed by atoms with E-state index >= 15 is 0 Å². The summed E-state index contributed by atoms with van der Waals surface area (Å²) in [6, 6.07) is 8.35. The average molecular weight is 462 g/mol. The number of nitrogens with one attached hydrogen (secondary N) is 1. The highest BCUT2D eigenvalue weighted by Crippen LogP contribution is 2.13. The molecule has 7 nitrogen and oxygen atoms in total. The van der Waals surface area contributed by atoms with Gasteiger partial charge in [-0.1, -0.05) is 71.9 Å². The van der Waals surface area contributed by atoms with Gasteiger partial charge in [0.2, 0.25) is 0 Å². The molecule has 0 saturated carbocycles. The van der Waals surface area contributed by atoms with Crippen LogP contribution in [0.2, 0.25) is 0 Å². The van der Waals surface area contributed by atoms with Gasteiger partial charge in [-0.15, -0.1) is 0 Å². The summed E-state index contributed by atoms with van der Waals surface area (Å²) >= 11 is 0. The molecule has 2 atom stereocenters. The van der Waals surface area contributed by atoms with Crippen LogP contribution < -0.4 is 11.1 Å². The molecule has 7 heteroatoms. The van der Waals surface area contributed by atoms with Crippen molar-refractivity contribution in [2.24, 2.45) is 28.5 Å². The standard InChI is InChI=1S/C26H43N3O4/c1-18(2)12-13-32-17-24(30)22(14-19(3)4)28-25(27)23(15-20(5)6)29-26(31)33-16-21-10-8-7-9-11-21/h7-11,18-20,22-23H,12-17H2,1-6H3,(H2,27,28)(H,29,31)/t22?,23-/m0/s1. The number of alkyl carbamates (subject to hydrolysis) is 1. The number of rotatable bonds is 15. The van der Waals surface area contributed by atoms with Crippen molar-refractivity contribution in [1.82, 2.24) is 5.32 Å². The minimum atomic E-state index is -0.596. The van der Waals surface area contributed by atoms with Gasteiger partial charge in [-0.3, -0.25) is 9.79 Å². The second-order valence-electron chi connectivity index (χ2n) is 9.79. The van der Waals surface area contributed by atoms with Crippen LogP contribution in [0.3, 0.4) is 0 Å². The number of ether oxygens (including phenoxy) is 2. The predicted molar refractivity (Wildman–Crippen MR) is 133 cm³/mol. The summed E-state index contributed by atoms with van der Waals surface area (Å²) in [5.74, 6) is 1.19. The number of hydrogen-bond acceptors (Lipinski definition) is 5. The molecule has 0 heterocycles. The van der Waals surface area contributed by atoms with Gasteiger partial charge in [-0.2, -0.15) is 0 Å². The van der Waals surface area contributed by atoms with Crippen LogP contribution in [0.5, 0.6) is 0 Å². The fourth-order valence-corrected chi connectivity index (χ4v) is 3.19. The summed E-state index contributed by atoms with van der Waals surface area (Å²) in [5, 5.41) is 2.82. The first kappa shape index (κ1) is 28.6. The number of amides is 1. The van der Waals surface area contributed by atoms with E-state index in [1.165, 1.54) is 0 Å². The number of nitrogens with zero attached hydrogens (tertiary/aromatic N) is 1. The largest absolute Gasteiger partial charge is 0.445 e. The van der Waals surface area contributed by atoms with E-state index in [4.69, 9.17) is 15.2 Å². The maximum Gasteiger partial charge on any atom is 0.408 e. The number of hydrogen-bond donors (Lipinski definition) is 2. The maximum absolute atomic E-state index is 12.8. The molecule has 0 spiro atoms. The van der Waals surface area contributed by atoms with Gasteiger partial charge in [0, 0.05) is 6.61 Å². The van der Waals surface area contributed by atoms with Gasteiger partial charge in [0.05, 0.1) is 6.04 Å². The summed E-state index contributed by atoms with van der Waals surface area (Å²) in [6.07, 6.45) is 1.49. The van der Waals surface area contributed by atoms with Gasteiger partial charge in [-0.05, 0) is 42.6 Å². The van der Waals surface area contributed by atoms with E-state index in [9.17, 15) is 9.59 Å². The number of carbonyl (C=O) groups is 2. The van der Waals surface area contributed by atoms with E-state index in [1.807, 2.05) is 58.0 Å². The Morgan fingerprint density at radius 3 is 2.18 bits per heavy atom. The Morgan fingerprint density at radius 1 is 0.970 bits per heavy atom. The Morgan fingerprint density at radius 2 is 1.61 bits per heavy atom. The van der Waals surface area contributed by atoms with E-state index in [-0.39, 0.29) is 36.7 Å². The van der Waals surface area contributed by atoms with Gasteiger partial charge in [0.1, 0.15) is 25.1 Å². The second-order valence-corrected chi connectivity index (χ2v) is 9.79. The zero-order chi connectivity index (χ0) is 24.8. The molecule has 0 fully saturated rings. The Hall–Kier alpha value is -2.41. The minimum absolute atomic E-state index is 0.0162. The summed E-state index contributed by atoms with van der Waals surface area (Å²) in [6.45, 7) is 13.1. The average Bonchev–Trinajstić information content (AvgIpc) is 2.74. The van der Waals surface area contributed by atoms with Crippen molar-refractivity contribution < 1.29 is 19.1 Å². The van der Waals surface area contributed by atoms with Gasteiger partial charge in [0.25, 0.3) is 0 Å². The van der Waals surface area contributed by atoms with Crippen LogP contribution in [0.25, 0.3) is 0 Å². The molecular weight excluding hydrogens is 418 g/mol. The Kier molecular flexibility index (Phi) is 13.4. The van der Waals surface area contributed by atoms with E-state index in [1.54, 1.807) is 0 Å². The fraction of sp³-hybridized carbons (Fsp3) is 0.654. The van der Waals surface area contributed by atoms with E-state index in [0.29, 0.717) is 25.4 Å². The fourth-order valence-electron chi connectivity index (χ4n) is 3.19. The molecular formula is C26H43N3O4. The third-order valence-electron chi connectivity index (χ3n) is 5.02. The van der Waals surface area contributed by atoms with Gasteiger partial charge in [-0.25, -0.2) is 4.79 Å². The van der Waals surface area contributed by atoms with E-state index in [2.05, 4.69) is 24.2 Å². The predicted octanol–water partition coefficient (Wildman–Crippen LogP) is 4.73. The molecule has 0 saturated heterocycles. The minimum Gasteiger partial charge on any atom is -0.445 e. The smallest absolute Gasteiger partial charge is 0.408 e. The molecule has 1 aromatic carbocycles. The van der Waals surface area contributed by atoms with Crippen molar-refractivity contribution >= 4 is 17.7 Å². The molecule has 0 aliphatic rings. The monoisotopic (exact) mass is 461 g/mol. The normalized spacial score (nSPS) is 13.9. The highest BCUT2D eigenvalue weighted by Gasteiger charge is 2.24. The van der Waals surface area contributed by atoms with Crippen LogP contribution in [0.4, 0.5) is 4.79 Å². The second kappa shape index (κ2) is 15.4. The van der Waals surface area contributed by atoms with Crippen molar-refractivity contribution in [3.63, 3.8) is 0 Å². The highest BCUT2D eigenvalue weighted by molar-refractivity contribution is 5.93. The first-order valence-electron chi connectivity index (χ1n) is 12.0. The van der Waals surface area contributed by atoms with Crippen molar-refractivity contribution in [3.8, 4) is 0 Å². The number of Topliss-reactive ketones (excluding diaryl/α,β-unsaturated/α-hetero) is 1. The summed E-state index contributed by atoms with van der Waals surface area (Å²) < 4.78 is 10.9. The SMILES string of the molecule is CC(C)CCOCC(=O)C(CC(C)C)N=C(N)[C@H](CC(C)C)NC(=O)OCc1ccccc1. The number of amidine groups is 1. The Labute approximate surface area is 199 Å². The van der Waals surface area contributed by atoms with E-state index in [0.717, 1.165) is 12.0 Å². The molecule has 0 bridgehead atoms. The molecule has 1 amide bonds. The first-order chi connectivity index (χ1) is 15.6. The molecule has 33 heavy (non-hydrogen) atoms. The Bertz CT molecular complexity index is 732. The molecule has 0 aliphatic heterocycles. The van der Waals surface area contributed by atoms with Crippen molar-refractivity contribution in [1.29, 1.82) is 0 Å². The lowest BCUT2D eigenvalue weighted by Crippen LogP contribution is -2.46.